The molecule has 0 spiro atoms. The van der Waals surface area contributed by atoms with Gasteiger partial charge in [-0.1, -0.05) is 11.6 Å². The lowest BCUT2D eigenvalue weighted by molar-refractivity contribution is -0.182. The first-order chi connectivity index (χ1) is 9.23. The number of pyridine rings is 1. The second kappa shape index (κ2) is 5.50. The molecule has 20 heavy (non-hydrogen) atoms. The first kappa shape index (κ1) is 15.5. The molecule has 1 saturated heterocycles. The van der Waals surface area contributed by atoms with Crippen molar-refractivity contribution in [3.8, 4) is 0 Å². The number of hydrogen-bond acceptors (Lipinski definition) is 3. The molecule has 0 N–H and O–H groups in total. The fraction of sp³-hybridized carbons (Fsp3) is 0.545. The Hall–Kier alpha value is -0.860. The van der Waals surface area contributed by atoms with Gasteiger partial charge in [-0.05, 0) is 25.0 Å². The normalized spacial score (nSPS) is 21.9. The molecular formula is C11H12ClF3N2O2S. The molecule has 9 heteroatoms. The lowest BCUT2D eigenvalue weighted by Gasteiger charge is -2.32. The van der Waals surface area contributed by atoms with E-state index in [4.69, 9.17) is 11.6 Å². The smallest absolute Gasteiger partial charge is 0.243 e. The number of rotatable bonds is 2. The summed E-state index contributed by atoms with van der Waals surface area (Å²) < 4.78 is 63.6. The first-order valence-electron chi connectivity index (χ1n) is 5.90. The maximum atomic E-state index is 12.7. The van der Waals surface area contributed by atoms with Gasteiger partial charge in [-0.2, -0.15) is 17.5 Å². The number of alkyl halides is 3. The van der Waals surface area contributed by atoms with Crippen LogP contribution < -0.4 is 0 Å². The van der Waals surface area contributed by atoms with E-state index in [1.54, 1.807) is 0 Å². The quantitative estimate of drug-likeness (QED) is 0.784. The predicted molar refractivity (Wildman–Crippen MR) is 66.8 cm³/mol. The minimum atomic E-state index is -4.40. The SMILES string of the molecule is O=S(=O)(c1cccnc1Cl)N1CCCC(C(F)(F)F)C1. The van der Waals surface area contributed by atoms with Gasteiger partial charge < -0.3 is 0 Å². The Labute approximate surface area is 119 Å². The van der Waals surface area contributed by atoms with E-state index in [1.807, 2.05) is 0 Å². The number of halogens is 4. The van der Waals surface area contributed by atoms with Crippen molar-refractivity contribution >= 4 is 21.6 Å². The molecule has 1 aliphatic heterocycles. The minimum absolute atomic E-state index is 0.0557. The Kier molecular flexibility index (Phi) is 4.27. The summed E-state index contributed by atoms with van der Waals surface area (Å²) in [5.41, 5.74) is 0. The van der Waals surface area contributed by atoms with E-state index in [1.165, 1.54) is 18.3 Å². The molecule has 0 aromatic carbocycles. The Bertz CT molecular complexity index is 592. The van der Waals surface area contributed by atoms with Crippen LogP contribution in [-0.4, -0.2) is 37.0 Å². The zero-order chi connectivity index (χ0) is 15.0. The second-order valence-electron chi connectivity index (χ2n) is 4.54. The average Bonchev–Trinajstić information content (AvgIpc) is 2.38. The molecule has 0 bridgehead atoms. The van der Waals surface area contributed by atoms with E-state index in [9.17, 15) is 21.6 Å². The minimum Gasteiger partial charge on any atom is -0.243 e. The molecule has 2 rings (SSSR count). The highest BCUT2D eigenvalue weighted by Gasteiger charge is 2.44. The van der Waals surface area contributed by atoms with Crippen LogP contribution in [-0.2, 0) is 10.0 Å². The van der Waals surface area contributed by atoms with Crippen molar-refractivity contribution in [3.05, 3.63) is 23.5 Å². The molecule has 1 aliphatic rings. The van der Waals surface area contributed by atoms with Crippen molar-refractivity contribution in [1.82, 2.24) is 9.29 Å². The summed E-state index contributed by atoms with van der Waals surface area (Å²) in [5, 5.41) is -0.235. The predicted octanol–water partition coefficient (Wildman–Crippen LogP) is 2.70. The lowest BCUT2D eigenvalue weighted by Crippen LogP contribution is -2.44. The number of aromatic nitrogens is 1. The molecule has 0 amide bonds. The highest BCUT2D eigenvalue weighted by molar-refractivity contribution is 7.89. The van der Waals surface area contributed by atoms with Gasteiger partial charge >= 0.3 is 6.18 Å². The summed E-state index contributed by atoms with van der Waals surface area (Å²) in [4.78, 5) is 3.39. The fourth-order valence-corrected chi connectivity index (χ4v) is 4.08. The molecule has 1 fully saturated rings. The van der Waals surface area contributed by atoms with Gasteiger partial charge in [-0.25, -0.2) is 13.4 Å². The molecule has 4 nitrogen and oxygen atoms in total. The van der Waals surface area contributed by atoms with Crippen LogP contribution in [0.3, 0.4) is 0 Å². The van der Waals surface area contributed by atoms with Crippen LogP contribution >= 0.6 is 11.6 Å². The standard InChI is InChI=1S/C11H12ClF3N2O2S/c12-10-9(4-1-5-16-10)20(18,19)17-6-2-3-8(7-17)11(13,14)15/h1,4-5,8H,2-3,6-7H2. The van der Waals surface area contributed by atoms with E-state index in [-0.39, 0.29) is 29.4 Å². The summed E-state index contributed by atoms with van der Waals surface area (Å²) in [6, 6.07) is 2.62. The molecule has 0 aliphatic carbocycles. The Morgan fingerprint density at radius 2 is 2.10 bits per heavy atom. The summed E-state index contributed by atoms with van der Waals surface area (Å²) in [6.07, 6.45) is -2.97. The monoisotopic (exact) mass is 328 g/mol. The average molecular weight is 329 g/mol. The maximum absolute atomic E-state index is 12.7. The van der Waals surface area contributed by atoms with E-state index in [2.05, 4.69) is 4.98 Å². The lowest BCUT2D eigenvalue weighted by atomic mass is 9.99. The topological polar surface area (TPSA) is 50.3 Å². The largest absolute Gasteiger partial charge is 0.393 e. The van der Waals surface area contributed by atoms with Crippen LogP contribution in [0.1, 0.15) is 12.8 Å². The Morgan fingerprint density at radius 1 is 1.40 bits per heavy atom. The third-order valence-electron chi connectivity index (χ3n) is 3.19. The van der Waals surface area contributed by atoms with E-state index in [0.717, 1.165) is 4.31 Å². The van der Waals surface area contributed by atoms with Crippen LogP contribution in [0.2, 0.25) is 5.15 Å². The van der Waals surface area contributed by atoms with Crippen LogP contribution in [0.25, 0.3) is 0 Å². The van der Waals surface area contributed by atoms with Crippen LogP contribution in [0, 0.1) is 5.92 Å². The van der Waals surface area contributed by atoms with E-state index < -0.39 is 28.7 Å². The summed E-state index contributed by atoms with van der Waals surface area (Å²) in [7, 11) is -4.05. The van der Waals surface area contributed by atoms with Gasteiger partial charge in [0.1, 0.15) is 10.0 Å². The van der Waals surface area contributed by atoms with Crippen molar-refractivity contribution in [1.29, 1.82) is 0 Å². The fourth-order valence-electron chi connectivity index (χ4n) is 2.13. The molecule has 1 atom stereocenters. The van der Waals surface area contributed by atoms with E-state index >= 15 is 0 Å². The van der Waals surface area contributed by atoms with Crippen molar-refractivity contribution in [2.24, 2.45) is 5.92 Å². The van der Waals surface area contributed by atoms with Gasteiger partial charge in [0.2, 0.25) is 10.0 Å². The van der Waals surface area contributed by atoms with Crippen molar-refractivity contribution in [2.45, 2.75) is 23.9 Å². The van der Waals surface area contributed by atoms with Crippen LogP contribution in [0.5, 0.6) is 0 Å². The number of nitrogens with zero attached hydrogens (tertiary/aromatic N) is 2. The third kappa shape index (κ3) is 3.07. The van der Waals surface area contributed by atoms with Gasteiger partial charge in [0.25, 0.3) is 0 Å². The summed E-state index contributed by atoms with van der Waals surface area (Å²) >= 11 is 5.72. The number of sulfonamides is 1. The molecule has 2 heterocycles. The summed E-state index contributed by atoms with van der Waals surface area (Å²) in [6.45, 7) is -0.517. The van der Waals surface area contributed by atoms with Crippen LogP contribution in [0.4, 0.5) is 13.2 Å². The molecule has 0 radical (unpaired) electrons. The van der Waals surface area contributed by atoms with Crippen molar-refractivity contribution < 1.29 is 21.6 Å². The highest BCUT2D eigenvalue weighted by Crippen LogP contribution is 2.35. The zero-order valence-electron chi connectivity index (χ0n) is 10.3. The van der Waals surface area contributed by atoms with Gasteiger partial charge in [-0.3, -0.25) is 0 Å². The van der Waals surface area contributed by atoms with Gasteiger partial charge in [0.15, 0.2) is 0 Å². The second-order valence-corrected chi connectivity index (χ2v) is 6.80. The van der Waals surface area contributed by atoms with Crippen molar-refractivity contribution in [3.63, 3.8) is 0 Å². The Morgan fingerprint density at radius 3 is 2.70 bits per heavy atom. The highest BCUT2D eigenvalue weighted by atomic mass is 35.5. The Balaban J connectivity index is 2.29. The van der Waals surface area contributed by atoms with Crippen molar-refractivity contribution in [2.75, 3.05) is 13.1 Å². The zero-order valence-corrected chi connectivity index (χ0v) is 11.8. The summed E-state index contributed by atoms with van der Waals surface area (Å²) in [5.74, 6) is -1.64. The third-order valence-corrected chi connectivity index (χ3v) is 5.50. The molecular weight excluding hydrogens is 317 g/mol. The number of piperidine rings is 1. The molecule has 1 aromatic heterocycles. The van der Waals surface area contributed by atoms with Gasteiger partial charge in [-0.15, -0.1) is 0 Å². The molecule has 0 saturated carbocycles. The van der Waals surface area contributed by atoms with Gasteiger partial charge in [0, 0.05) is 19.3 Å². The molecule has 1 aromatic rings. The molecule has 1 unspecified atom stereocenters. The van der Waals surface area contributed by atoms with E-state index in [0.29, 0.717) is 0 Å². The first-order valence-corrected chi connectivity index (χ1v) is 7.72. The maximum Gasteiger partial charge on any atom is 0.393 e. The molecule has 112 valence electrons. The number of hydrogen-bond donors (Lipinski definition) is 0. The van der Waals surface area contributed by atoms with Gasteiger partial charge in [0.05, 0.1) is 5.92 Å². The van der Waals surface area contributed by atoms with Crippen LogP contribution in [0.15, 0.2) is 23.2 Å².